The maximum atomic E-state index is 13.5. The lowest BCUT2D eigenvalue weighted by molar-refractivity contribution is 0.0692. The second kappa shape index (κ2) is 13.2. The average Bonchev–Trinajstić information content (AvgIpc) is 3.35. The third-order valence-corrected chi connectivity index (χ3v) is 7.53. The molecule has 0 saturated carbocycles. The third kappa shape index (κ3) is 7.09. The summed E-state index contributed by atoms with van der Waals surface area (Å²) in [5, 5.41) is 14.3. The first kappa shape index (κ1) is 29.9. The highest BCUT2D eigenvalue weighted by atomic mass is 35.5. The Bertz CT molecular complexity index is 1770. The monoisotopic (exact) mass is 594 g/mol. The molecule has 0 aliphatic carbocycles. The van der Waals surface area contributed by atoms with E-state index in [1.807, 2.05) is 44.2 Å². The number of carbonyl (C=O) groups excluding carboxylic acids is 1. The molecule has 0 spiro atoms. The normalized spacial score (nSPS) is 11.2. The number of ether oxygens (including phenoxy) is 1. The number of halogens is 1. The number of amides is 1. The number of aromatic amines is 1. The Morgan fingerprint density at radius 3 is 2.40 bits per heavy atom. The van der Waals surface area contributed by atoms with E-state index in [9.17, 15) is 14.7 Å². The highest BCUT2D eigenvalue weighted by Crippen LogP contribution is 2.37. The van der Waals surface area contributed by atoms with Crippen LogP contribution in [0.3, 0.4) is 0 Å². The zero-order valence-corrected chi connectivity index (χ0v) is 25.3. The Morgan fingerprint density at radius 2 is 1.70 bits per heavy atom. The van der Waals surface area contributed by atoms with Crippen molar-refractivity contribution < 1.29 is 19.4 Å². The molecule has 0 radical (unpaired) electrons. The zero-order chi connectivity index (χ0) is 30.5. The molecule has 43 heavy (non-hydrogen) atoms. The topological polar surface area (TPSA) is 91.4 Å². The average molecular weight is 595 g/mol. The van der Waals surface area contributed by atoms with Gasteiger partial charge in [-0.25, -0.2) is 4.79 Å². The number of aromatic nitrogens is 1. The number of aryl methyl sites for hydroxylation is 1. The Hall–Kier alpha value is -4.55. The smallest absolute Gasteiger partial charge is 0.354 e. The van der Waals surface area contributed by atoms with Crippen LogP contribution in [0.5, 0.6) is 5.75 Å². The summed E-state index contributed by atoms with van der Waals surface area (Å²) in [6.45, 7) is 6.00. The van der Waals surface area contributed by atoms with Crippen molar-refractivity contribution in [2.75, 3.05) is 5.32 Å². The molecule has 0 aliphatic rings. The standard InChI is InChI=1S/C36H35ClN2O4/c1-4-5-8-23-13-15-25(16-14-23)27-19-28(17-24-9-6-11-29(37)18-24)32-31(21-27)38-34(36(41)42)33(32)39-35(40)26-10-7-12-30(20-26)43-22(2)3/h6-7,9-16,18-22,38H,4-5,8,17H2,1-3H3,(H,39,40)(H,41,42). The van der Waals surface area contributed by atoms with E-state index in [4.69, 9.17) is 16.3 Å². The molecule has 0 unspecified atom stereocenters. The lowest BCUT2D eigenvalue weighted by Crippen LogP contribution is -2.15. The highest BCUT2D eigenvalue weighted by molar-refractivity contribution is 6.30. The number of aromatic carboxylic acids is 1. The van der Waals surface area contributed by atoms with Gasteiger partial charge in [0.25, 0.3) is 5.91 Å². The van der Waals surface area contributed by atoms with E-state index in [0.717, 1.165) is 41.5 Å². The summed E-state index contributed by atoms with van der Waals surface area (Å²) in [4.78, 5) is 29.0. The van der Waals surface area contributed by atoms with E-state index in [-0.39, 0.29) is 17.5 Å². The fourth-order valence-corrected chi connectivity index (χ4v) is 5.50. The number of H-pyrrole nitrogens is 1. The maximum absolute atomic E-state index is 13.5. The number of carboxylic acid groups (broad SMARTS) is 1. The van der Waals surface area contributed by atoms with Gasteiger partial charge in [-0.05, 0) is 103 Å². The van der Waals surface area contributed by atoms with Gasteiger partial charge in [-0.1, -0.05) is 67.4 Å². The van der Waals surface area contributed by atoms with Crippen LogP contribution in [0, 0.1) is 0 Å². The zero-order valence-electron chi connectivity index (χ0n) is 24.5. The first-order valence-electron chi connectivity index (χ1n) is 14.6. The van der Waals surface area contributed by atoms with Crippen molar-refractivity contribution in [1.29, 1.82) is 0 Å². The van der Waals surface area contributed by atoms with Gasteiger partial charge >= 0.3 is 5.97 Å². The van der Waals surface area contributed by atoms with Crippen molar-refractivity contribution in [3.63, 3.8) is 0 Å². The van der Waals surface area contributed by atoms with E-state index < -0.39 is 11.9 Å². The lowest BCUT2D eigenvalue weighted by atomic mass is 9.94. The van der Waals surface area contributed by atoms with Gasteiger partial charge in [0.05, 0.1) is 11.8 Å². The van der Waals surface area contributed by atoms with Crippen molar-refractivity contribution in [2.45, 2.75) is 52.6 Å². The van der Waals surface area contributed by atoms with Crippen LogP contribution < -0.4 is 10.1 Å². The molecule has 1 heterocycles. The van der Waals surface area contributed by atoms with Crippen LogP contribution in [0.25, 0.3) is 22.0 Å². The Kier molecular flexibility index (Phi) is 9.17. The molecule has 1 aromatic heterocycles. The van der Waals surface area contributed by atoms with Crippen LogP contribution in [-0.4, -0.2) is 28.1 Å². The Balaban J connectivity index is 1.62. The molecule has 3 N–H and O–H groups in total. The van der Waals surface area contributed by atoms with Crippen LogP contribution in [0.1, 0.15) is 71.1 Å². The Morgan fingerprint density at radius 1 is 0.930 bits per heavy atom. The number of nitrogens with one attached hydrogen (secondary N) is 2. The molecule has 1 amide bonds. The molecule has 0 saturated heterocycles. The van der Waals surface area contributed by atoms with Crippen molar-refractivity contribution in [3.05, 3.63) is 118 Å². The summed E-state index contributed by atoms with van der Waals surface area (Å²) in [6.07, 6.45) is 3.74. The number of fused-ring (bicyclic) bond motifs is 1. The molecule has 5 aromatic rings. The van der Waals surface area contributed by atoms with Gasteiger partial charge in [0.15, 0.2) is 0 Å². The first-order chi connectivity index (χ1) is 20.7. The van der Waals surface area contributed by atoms with Crippen LogP contribution in [0.15, 0.2) is 84.9 Å². The fraction of sp³-hybridized carbons (Fsp3) is 0.222. The molecule has 6 nitrogen and oxygen atoms in total. The number of carbonyl (C=O) groups is 2. The molecule has 4 aromatic carbocycles. The molecule has 0 aliphatic heterocycles. The van der Waals surface area contributed by atoms with Crippen LogP contribution in [0.4, 0.5) is 5.69 Å². The van der Waals surface area contributed by atoms with Gasteiger partial charge in [-0.15, -0.1) is 0 Å². The summed E-state index contributed by atoms with van der Waals surface area (Å²) in [5.41, 5.74) is 6.20. The van der Waals surface area contributed by atoms with Crippen molar-refractivity contribution in [2.24, 2.45) is 0 Å². The van der Waals surface area contributed by atoms with Crippen LogP contribution in [-0.2, 0) is 12.8 Å². The van der Waals surface area contributed by atoms with Crippen molar-refractivity contribution in [1.82, 2.24) is 4.98 Å². The van der Waals surface area contributed by atoms with Gasteiger partial charge in [0, 0.05) is 21.5 Å². The molecular formula is C36H35ClN2O4. The third-order valence-electron chi connectivity index (χ3n) is 7.29. The number of benzene rings is 4. The van der Waals surface area contributed by atoms with Crippen molar-refractivity contribution >= 4 is 40.1 Å². The van der Waals surface area contributed by atoms with E-state index in [2.05, 4.69) is 47.6 Å². The number of carboxylic acids is 1. The van der Waals surface area contributed by atoms with Crippen LogP contribution in [0.2, 0.25) is 5.02 Å². The lowest BCUT2D eigenvalue weighted by Gasteiger charge is -2.13. The number of hydrogen-bond donors (Lipinski definition) is 3. The fourth-order valence-electron chi connectivity index (χ4n) is 5.29. The number of unbranched alkanes of at least 4 members (excludes halogenated alkanes) is 1. The molecule has 0 fully saturated rings. The van der Waals surface area contributed by atoms with Crippen LogP contribution >= 0.6 is 11.6 Å². The first-order valence-corrected chi connectivity index (χ1v) is 14.9. The minimum Gasteiger partial charge on any atom is -0.491 e. The molecule has 5 rings (SSSR count). The van der Waals surface area contributed by atoms with Gasteiger partial charge < -0.3 is 20.1 Å². The highest BCUT2D eigenvalue weighted by Gasteiger charge is 2.23. The Labute approximate surface area is 256 Å². The molecule has 220 valence electrons. The van der Waals surface area contributed by atoms with E-state index >= 15 is 0 Å². The van der Waals surface area contributed by atoms with E-state index in [1.54, 1.807) is 24.3 Å². The summed E-state index contributed by atoms with van der Waals surface area (Å²) >= 11 is 6.31. The predicted molar refractivity (Wildman–Crippen MR) is 174 cm³/mol. The molecule has 0 bridgehead atoms. The summed E-state index contributed by atoms with van der Waals surface area (Å²) < 4.78 is 5.76. The second-order valence-corrected chi connectivity index (χ2v) is 11.4. The molecule has 0 atom stereocenters. The summed E-state index contributed by atoms with van der Waals surface area (Å²) in [6, 6.07) is 26.9. The number of hydrogen-bond acceptors (Lipinski definition) is 3. The second-order valence-electron chi connectivity index (χ2n) is 11.0. The molecule has 7 heteroatoms. The summed E-state index contributed by atoms with van der Waals surface area (Å²) in [7, 11) is 0. The van der Waals surface area contributed by atoms with E-state index in [1.165, 1.54) is 5.56 Å². The summed E-state index contributed by atoms with van der Waals surface area (Å²) in [5.74, 6) is -1.04. The molecular weight excluding hydrogens is 560 g/mol. The SMILES string of the molecule is CCCCc1ccc(-c2cc(Cc3cccc(Cl)c3)c3c(NC(=O)c4cccc(OC(C)C)c4)c(C(=O)O)[nH]c3c2)cc1. The van der Waals surface area contributed by atoms with Gasteiger partial charge in [-0.3, -0.25) is 4.79 Å². The minimum absolute atomic E-state index is 0.0543. The maximum Gasteiger partial charge on any atom is 0.354 e. The number of anilines is 1. The van der Waals surface area contributed by atoms with Gasteiger partial charge in [0.2, 0.25) is 0 Å². The minimum atomic E-state index is -1.17. The largest absolute Gasteiger partial charge is 0.491 e. The van der Waals surface area contributed by atoms with E-state index in [0.29, 0.717) is 33.7 Å². The van der Waals surface area contributed by atoms with Crippen molar-refractivity contribution in [3.8, 4) is 16.9 Å². The quantitative estimate of drug-likeness (QED) is 0.142. The predicted octanol–water partition coefficient (Wildman–Crippen LogP) is 9.16. The number of rotatable bonds is 11. The van der Waals surface area contributed by atoms with Gasteiger partial charge in [-0.2, -0.15) is 0 Å². The van der Waals surface area contributed by atoms with Gasteiger partial charge in [0.1, 0.15) is 11.4 Å².